The lowest BCUT2D eigenvalue weighted by molar-refractivity contribution is -0.146. The maximum absolute atomic E-state index is 12.0. The summed E-state index contributed by atoms with van der Waals surface area (Å²) in [6, 6.07) is 9.14. The first kappa shape index (κ1) is 13.6. The number of thioether (sulfide) groups is 1. The number of hydrogen-bond acceptors (Lipinski definition) is 6. The Morgan fingerprint density at radius 1 is 1.47 bits per heavy atom. The van der Waals surface area contributed by atoms with Crippen LogP contribution in [0.3, 0.4) is 0 Å². The van der Waals surface area contributed by atoms with E-state index in [1.165, 1.54) is 25.2 Å². The Morgan fingerprint density at radius 3 is 2.79 bits per heavy atom. The van der Waals surface area contributed by atoms with Crippen molar-refractivity contribution in [1.29, 1.82) is 0 Å². The predicted octanol–water partition coefficient (Wildman–Crippen LogP) is 0.924. The highest BCUT2D eigenvalue weighted by atomic mass is 32.2. The van der Waals surface area contributed by atoms with Crippen LogP contribution in [0.15, 0.2) is 41.8 Å². The average Bonchev–Trinajstić information content (AvgIpc) is 2.98. The fraction of sp³-hybridized carbons (Fsp3) is 0.250. The van der Waals surface area contributed by atoms with Crippen molar-refractivity contribution in [3.8, 4) is 0 Å². The van der Waals surface area contributed by atoms with E-state index in [0.717, 1.165) is 0 Å². The molecule has 0 saturated heterocycles. The third kappa shape index (κ3) is 2.94. The summed E-state index contributed by atoms with van der Waals surface area (Å²) in [7, 11) is 1.33. The minimum Gasteiger partial charge on any atom is -0.467 e. The van der Waals surface area contributed by atoms with Crippen molar-refractivity contribution in [3.63, 3.8) is 0 Å². The fourth-order valence-corrected chi connectivity index (χ4v) is 2.51. The maximum atomic E-state index is 12.0. The zero-order valence-electron chi connectivity index (χ0n) is 10.4. The normalized spacial score (nSPS) is 13.8. The topological polar surface area (TPSA) is 93.9 Å². The highest BCUT2D eigenvalue weighted by molar-refractivity contribution is 7.99. The van der Waals surface area contributed by atoms with Gasteiger partial charge in [-0.15, -0.1) is 0 Å². The lowest BCUT2D eigenvalue weighted by Crippen LogP contribution is -2.48. The Balaban J connectivity index is 2.22. The molecule has 0 radical (unpaired) electrons. The molecule has 100 valence electrons. The van der Waals surface area contributed by atoms with Gasteiger partial charge in [-0.1, -0.05) is 42.1 Å². The second-order valence-corrected chi connectivity index (χ2v) is 4.87. The van der Waals surface area contributed by atoms with E-state index in [-0.39, 0.29) is 0 Å². The highest BCUT2D eigenvalue weighted by Gasteiger charge is 2.37. The van der Waals surface area contributed by atoms with Crippen LogP contribution in [-0.4, -0.2) is 34.0 Å². The van der Waals surface area contributed by atoms with Crippen molar-refractivity contribution in [2.45, 2.75) is 10.7 Å². The van der Waals surface area contributed by atoms with Gasteiger partial charge in [-0.3, -0.25) is 5.10 Å². The van der Waals surface area contributed by atoms with Crippen LogP contribution in [0.1, 0.15) is 5.56 Å². The van der Waals surface area contributed by atoms with Crippen LogP contribution >= 0.6 is 11.8 Å². The molecule has 0 spiro atoms. The lowest BCUT2D eigenvalue weighted by Gasteiger charge is -2.26. The molecule has 0 aliphatic heterocycles. The van der Waals surface area contributed by atoms with Crippen molar-refractivity contribution in [2.75, 3.05) is 12.9 Å². The summed E-state index contributed by atoms with van der Waals surface area (Å²) in [6.45, 7) is 0. The van der Waals surface area contributed by atoms with E-state index in [1.54, 1.807) is 12.1 Å². The number of rotatable bonds is 5. The quantitative estimate of drug-likeness (QED) is 0.624. The van der Waals surface area contributed by atoms with Gasteiger partial charge in [0.1, 0.15) is 11.9 Å². The number of aromatic nitrogens is 3. The van der Waals surface area contributed by atoms with Crippen molar-refractivity contribution in [3.05, 3.63) is 42.2 Å². The molecule has 0 fully saturated rings. The number of nitrogens with zero attached hydrogens (tertiary/aromatic N) is 2. The number of benzene rings is 1. The summed E-state index contributed by atoms with van der Waals surface area (Å²) < 4.78 is 4.82. The van der Waals surface area contributed by atoms with Crippen LogP contribution in [0.2, 0.25) is 0 Å². The number of aromatic amines is 1. The first-order valence-corrected chi connectivity index (χ1v) is 6.56. The Bertz CT molecular complexity index is 532. The van der Waals surface area contributed by atoms with Gasteiger partial charge in [0.25, 0.3) is 0 Å². The zero-order chi connectivity index (χ0) is 13.7. The standard InChI is InChI=1S/C12H14N4O2S/c1-18-10(17)12(13,9-5-3-2-4-6-9)7-19-11-14-8-15-16-11/h2-6,8H,7,13H2,1H3,(H,14,15,16). The van der Waals surface area contributed by atoms with Gasteiger partial charge < -0.3 is 10.5 Å². The second-order valence-electron chi connectivity index (χ2n) is 3.91. The average molecular weight is 278 g/mol. The first-order valence-electron chi connectivity index (χ1n) is 5.58. The molecule has 7 heteroatoms. The van der Waals surface area contributed by atoms with Crippen molar-refractivity contribution in [1.82, 2.24) is 15.2 Å². The third-order valence-electron chi connectivity index (χ3n) is 2.67. The first-order chi connectivity index (χ1) is 9.16. The largest absolute Gasteiger partial charge is 0.467 e. The van der Waals surface area contributed by atoms with E-state index in [0.29, 0.717) is 16.5 Å². The van der Waals surface area contributed by atoms with Crippen LogP contribution in [0.4, 0.5) is 0 Å². The fourth-order valence-electron chi connectivity index (χ4n) is 1.62. The van der Waals surface area contributed by atoms with Gasteiger partial charge in [0, 0.05) is 5.75 Å². The van der Waals surface area contributed by atoms with Gasteiger partial charge in [0.05, 0.1) is 7.11 Å². The minimum atomic E-state index is -1.21. The molecule has 0 aliphatic rings. The molecule has 0 saturated carbocycles. The lowest BCUT2D eigenvalue weighted by atomic mass is 9.93. The second kappa shape index (κ2) is 5.85. The number of nitrogens with two attached hydrogens (primary N) is 1. The van der Waals surface area contributed by atoms with Gasteiger partial charge in [0.2, 0.25) is 0 Å². The van der Waals surface area contributed by atoms with E-state index in [4.69, 9.17) is 10.5 Å². The summed E-state index contributed by atoms with van der Waals surface area (Å²) in [6.07, 6.45) is 1.40. The molecule has 0 amide bonds. The van der Waals surface area contributed by atoms with E-state index in [1.807, 2.05) is 18.2 Å². The number of nitrogens with one attached hydrogen (secondary N) is 1. The van der Waals surface area contributed by atoms with Gasteiger partial charge in [-0.2, -0.15) is 5.10 Å². The van der Waals surface area contributed by atoms with Crippen LogP contribution < -0.4 is 5.73 Å². The minimum absolute atomic E-state index is 0.304. The molecule has 0 bridgehead atoms. The molecule has 1 aromatic heterocycles. The number of methoxy groups -OCH3 is 1. The Kier molecular flexibility index (Phi) is 4.18. The van der Waals surface area contributed by atoms with E-state index in [9.17, 15) is 4.79 Å². The van der Waals surface area contributed by atoms with E-state index < -0.39 is 11.5 Å². The van der Waals surface area contributed by atoms with Crippen molar-refractivity contribution < 1.29 is 9.53 Å². The number of esters is 1. The number of hydrogen-bond donors (Lipinski definition) is 2. The molecular weight excluding hydrogens is 264 g/mol. The SMILES string of the molecule is COC(=O)C(N)(CSc1ncn[nH]1)c1ccccc1. The molecule has 2 aromatic rings. The van der Waals surface area contributed by atoms with Gasteiger partial charge in [-0.25, -0.2) is 9.78 Å². The van der Waals surface area contributed by atoms with E-state index in [2.05, 4.69) is 15.2 Å². The highest BCUT2D eigenvalue weighted by Crippen LogP contribution is 2.27. The molecule has 19 heavy (non-hydrogen) atoms. The van der Waals surface area contributed by atoms with Crippen molar-refractivity contribution >= 4 is 17.7 Å². The molecule has 1 heterocycles. The monoisotopic (exact) mass is 278 g/mol. The van der Waals surface area contributed by atoms with Crippen LogP contribution in [0.25, 0.3) is 0 Å². The predicted molar refractivity (Wildman–Crippen MR) is 71.4 cm³/mol. The van der Waals surface area contributed by atoms with Gasteiger partial charge in [0.15, 0.2) is 5.16 Å². The summed E-state index contributed by atoms with van der Waals surface area (Å²) in [5, 5.41) is 7.07. The number of carbonyl (C=O) groups is 1. The number of H-pyrrole nitrogens is 1. The summed E-state index contributed by atoms with van der Waals surface area (Å²) in [5.74, 6) is -0.176. The van der Waals surface area contributed by atoms with Crippen LogP contribution in [0.5, 0.6) is 0 Å². The van der Waals surface area contributed by atoms with Gasteiger partial charge in [-0.05, 0) is 5.56 Å². The van der Waals surface area contributed by atoms with Gasteiger partial charge >= 0.3 is 5.97 Å². The molecule has 1 aromatic carbocycles. The Labute approximate surface area is 114 Å². The Hall–Kier alpha value is -1.86. The molecule has 6 nitrogen and oxygen atoms in total. The molecule has 1 unspecified atom stereocenters. The molecule has 3 N–H and O–H groups in total. The van der Waals surface area contributed by atoms with E-state index >= 15 is 0 Å². The molecule has 1 atom stereocenters. The van der Waals surface area contributed by atoms with Crippen molar-refractivity contribution in [2.24, 2.45) is 5.73 Å². The van der Waals surface area contributed by atoms with Crippen LogP contribution in [-0.2, 0) is 15.1 Å². The summed E-state index contributed by atoms with van der Waals surface area (Å²) in [5.41, 5.74) is 5.72. The smallest absolute Gasteiger partial charge is 0.331 e. The number of ether oxygens (including phenoxy) is 1. The molecular formula is C12H14N4O2S. The number of carbonyl (C=O) groups excluding carboxylic acids is 1. The maximum Gasteiger partial charge on any atom is 0.331 e. The summed E-state index contributed by atoms with van der Waals surface area (Å²) >= 11 is 1.32. The molecule has 0 aliphatic carbocycles. The third-order valence-corrected chi connectivity index (χ3v) is 3.74. The Morgan fingerprint density at radius 2 is 2.21 bits per heavy atom. The molecule has 2 rings (SSSR count). The van der Waals surface area contributed by atoms with Crippen LogP contribution in [0, 0.1) is 0 Å². The zero-order valence-corrected chi connectivity index (χ0v) is 11.2. The summed E-state index contributed by atoms with van der Waals surface area (Å²) in [4.78, 5) is 16.0.